The highest BCUT2D eigenvalue weighted by Crippen LogP contribution is 2.32. The number of anilines is 1. The van der Waals surface area contributed by atoms with Crippen LogP contribution in [0.3, 0.4) is 0 Å². The van der Waals surface area contributed by atoms with E-state index in [4.69, 9.17) is 4.42 Å². The van der Waals surface area contributed by atoms with E-state index in [0.29, 0.717) is 11.1 Å². The third-order valence-corrected chi connectivity index (χ3v) is 6.94. The lowest BCUT2D eigenvalue weighted by molar-refractivity contribution is -0.113. The van der Waals surface area contributed by atoms with Crippen molar-refractivity contribution < 1.29 is 9.21 Å². The van der Waals surface area contributed by atoms with Crippen molar-refractivity contribution in [2.24, 2.45) is 0 Å². The van der Waals surface area contributed by atoms with Gasteiger partial charge >= 0.3 is 0 Å². The lowest BCUT2D eigenvalue weighted by atomic mass is 10.0. The first-order valence-corrected chi connectivity index (χ1v) is 12.4. The van der Waals surface area contributed by atoms with Gasteiger partial charge in [0.15, 0.2) is 0 Å². The summed E-state index contributed by atoms with van der Waals surface area (Å²) in [6, 6.07) is 28.4. The highest BCUT2D eigenvalue weighted by atomic mass is 32.2. The fourth-order valence-electron chi connectivity index (χ4n) is 4.59. The first kappa shape index (κ1) is 21.4. The molecule has 0 radical (unpaired) electrons. The lowest BCUT2D eigenvalue weighted by Gasteiger charge is -2.06. The molecule has 4 aromatic carbocycles. The van der Waals surface area contributed by atoms with Crippen molar-refractivity contribution in [1.82, 2.24) is 14.8 Å². The Labute approximate surface area is 206 Å². The van der Waals surface area contributed by atoms with Crippen molar-refractivity contribution in [2.75, 3.05) is 11.1 Å². The second-order valence-electron chi connectivity index (χ2n) is 8.23. The quantitative estimate of drug-likeness (QED) is 0.268. The number of para-hydroxylation sites is 1. The molecule has 7 heteroatoms. The molecule has 0 fully saturated rings. The van der Waals surface area contributed by atoms with Gasteiger partial charge in [-0.3, -0.25) is 4.79 Å². The maximum absolute atomic E-state index is 12.7. The third kappa shape index (κ3) is 3.94. The average Bonchev–Trinajstić information content (AvgIpc) is 3.49. The first-order valence-electron chi connectivity index (χ1n) is 11.5. The van der Waals surface area contributed by atoms with Crippen LogP contribution in [-0.4, -0.2) is 26.4 Å². The fraction of sp³-hybridized carbons (Fsp3) is 0.107. The summed E-state index contributed by atoms with van der Waals surface area (Å²) in [6.07, 6.45) is 0. The van der Waals surface area contributed by atoms with Gasteiger partial charge in [0.25, 0.3) is 5.22 Å². The van der Waals surface area contributed by atoms with Crippen LogP contribution in [-0.2, 0) is 11.3 Å². The molecule has 1 N–H and O–H groups in total. The summed E-state index contributed by atoms with van der Waals surface area (Å²) in [4.78, 5) is 12.7. The standard InChI is InChI=1S/C28H22N4O2S/c1-2-32-24-13-6-5-11-21(24)23-16-19(14-15-25(23)32)29-26(33)17-35-28-31-30-27(34-28)22-12-7-9-18-8-3-4-10-20(18)22/h3-16H,2,17H2,1H3,(H,29,33). The van der Waals surface area contributed by atoms with Crippen LogP contribution in [0.1, 0.15) is 6.92 Å². The summed E-state index contributed by atoms with van der Waals surface area (Å²) in [6.45, 7) is 3.03. The van der Waals surface area contributed by atoms with Gasteiger partial charge in [-0.2, -0.15) is 0 Å². The Hall–Kier alpha value is -4.10. The molecule has 0 saturated heterocycles. The molecule has 2 heterocycles. The van der Waals surface area contributed by atoms with Gasteiger partial charge in [0.2, 0.25) is 11.8 Å². The van der Waals surface area contributed by atoms with Crippen LogP contribution < -0.4 is 5.32 Å². The fourth-order valence-corrected chi connectivity index (χ4v) is 5.15. The number of hydrogen-bond acceptors (Lipinski definition) is 5. The molecule has 6 aromatic rings. The minimum atomic E-state index is -0.126. The van der Waals surface area contributed by atoms with Gasteiger partial charge in [0.1, 0.15) is 0 Å². The molecule has 0 unspecified atom stereocenters. The van der Waals surface area contributed by atoms with Crippen molar-refractivity contribution in [3.05, 3.63) is 84.9 Å². The number of amides is 1. The largest absolute Gasteiger partial charge is 0.411 e. The number of aromatic nitrogens is 3. The monoisotopic (exact) mass is 478 g/mol. The minimum Gasteiger partial charge on any atom is -0.411 e. The number of fused-ring (bicyclic) bond motifs is 4. The highest BCUT2D eigenvalue weighted by Gasteiger charge is 2.14. The Morgan fingerprint density at radius 1 is 0.886 bits per heavy atom. The highest BCUT2D eigenvalue weighted by molar-refractivity contribution is 7.99. The second kappa shape index (κ2) is 8.92. The third-order valence-electron chi connectivity index (χ3n) is 6.13. The smallest absolute Gasteiger partial charge is 0.277 e. The Balaban J connectivity index is 1.17. The SMILES string of the molecule is CCn1c2ccccc2c2cc(NC(=O)CSc3nnc(-c4cccc5ccccc45)o3)ccc21. The summed E-state index contributed by atoms with van der Waals surface area (Å²) in [5.41, 5.74) is 4.01. The van der Waals surface area contributed by atoms with Gasteiger partial charge in [-0.1, -0.05) is 66.4 Å². The summed E-state index contributed by atoms with van der Waals surface area (Å²) in [5, 5.41) is 16.2. The maximum atomic E-state index is 12.7. The van der Waals surface area contributed by atoms with E-state index in [9.17, 15) is 4.79 Å². The van der Waals surface area contributed by atoms with Gasteiger partial charge < -0.3 is 14.3 Å². The summed E-state index contributed by atoms with van der Waals surface area (Å²) < 4.78 is 8.14. The molecule has 172 valence electrons. The number of benzene rings is 4. The number of carbonyl (C=O) groups is 1. The van der Waals surface area contributed by atoms with Crippen molar-refractivity contribution in [2.45, 2.75) is 18.7 Å². The van der Waals surface area contributed by atoms with Crippen molar-refractivity contribution >= 4 is 55.9 Å². The maximum Gasteiger partial charge on any atom is 0.277 e. The molecule has 1 amide bonds. The molecule has 6 rings (SSSR count). The molecule has 0 atom stereocenters. The zero-order chi connectivity index (χ0) is 23.8. The number of thioether (sulfide) groups is 1. The van der Waals surface area contributed by atoms with Gasteiger partial charge in [-0.25, -0.2) is 0 Å². The van der Waals surface area contributed by atoms with Crippen molar-refractivity contribution in [3.8, 4) is 11.5 Å². The summed E-state index contributed by atoms with van der Waals surface area (Å²) in [5.74, 6) is 0.493. The Bertz CT molecular complexity index is 1700. The zero-order valence-electron chi connectivity index (χ0n) is 19.1. The van der Waals surface area contributed by atoms with Crippen LogP contribution in [0.15, 0.2) is 94.6 Å². The van der Waals surface area contributed by atoms with E-state index in [0.717, 1.165) is 39.5 Å². The molecule has 0 aliphatic rings. The van der Waals surface area contributed by atoms with Crippen LogP contribution in [0.2, 0.25) is 0 Å². The van der Waals surface area contributed by atoms with E-state index in [2.05, 4.69) is 51.3 Å². The molecule has 2 aromatic heterocycles. The lowest BCUT2D eigenvalue weighted by Crippen LogP contribution is -2.13. The number of nitrogens with one attached hydrogen (secondary N) is 1. The number of rotatable bonds is 6. The van der Waals surface area contributed by atoms with Gasteiger partial charge in [-0.15, -0.1) is 10.2 Å². The van der Waals surface area contributed by atoms with Crippen LogP contribution >= 0.6 is 11.8 Å². The average molecular weight is 479 g/mol. The molecular formula is C28H22N4O2S. The van der Waals surface area contributed by atoms with Gasteiger partial charge in [0.05, 0.1) is 5.75 Å². The molecule has 0 spiro atoms. The van der Waals surface area contributed by atoms with E-state index in [1.165, 1.54) is 22.7 Å². The molecule has 0 saturated carbocycles. The Kier molecular flexibility index (Phi) is 5.47. The summed E-state index contributed by atoms with van der Waals surface area (Å²) >= 11 is 1.23. The van der Waals surface area contributed by atoms with E-state index in [-0.39, 0.29) is 11.7 Å². The van der Waals surface area contributed by atoms with Gasteiger partial charge in [0, 0.05) is 39.6 Å². The van der Waals surface area contributed by atoms with E-state index in [1.54, 1.807) is 0 Å². The van der Waals surface area contributed by atoms with Crippen LogP contribution in [0, 0.1) is 0 Å². The Morgan fingerprint density at radius 3 is 2.54 bits per heavy atom. The molecule has 6 nitrogen and oxygen atoms in total. The predicted octanol–water partition coefficient (Wildman–Crippen LogP) is 6.75. The number of aryl methyl sites for hydroxylation is 1. The van der Waals surface area contributed by atoms with E-state index >= 15 is 0 Å². The van der Waals surface area contributed by atoms with E-state index < -0.39 is 0 Å². The minimum absolute atomic E-state index is 0.126. The zero-order valence-corrected chi connectivity index (χ0v) is 19.9. The number of nitrogens with zero attached hydrogens (tertiary/aromatic N) is 3. The number of hydrogen-bond donors (Lipinski definition) is 1. The predicted molar refractivity (Wildman–Crippen MR) is 142 cm³/mol. The molecule has 35 heavy (non-hydrogen) atoms. The first-order chi connectivity index (χ1) is 17.2. The van der Waals surface area contributed by atoms with Crippen molar-refractivity contribution in [1.29, 1.82) is 0 Å². The molecule has 0 aliphatic heterocycles. The van der Waals surface area contributed by atoms with E-state index in [1.807, 2.05) is 60.7 Å². The van der Waals surface area contributed by atoms with Crippen LogP contribution in [0.4, 0.5) is 5.69 Å². The topological polar surface area (TPSA) is 73.0 Å². The van der Waals surface area contributed by atoms with Gasteiger partial charge in [-0.05, 0) is 48.0 Å². The molecule has 0 aliphatic carbocycles. The van der Waals surface area contributed by atoms with Crippen molar-refractivity contribution in [3.63, 3.8) is 0 Å². The normalized spacial score (nSPS) is 11.5. The molecule has 0 bridgehead atoms. The summed E-state index contributed by atoms with van der Waals surface area (Å²) in [7, 11) is 0. The molecular weight excluding hydrogens is 456 g/mol. The number of carbonyl (C=O) groups excluding carboxylic acids is 1. The Morgan fingerprint density at radius 2 is 1.66 bits per heavy atom. The van der Waals surface area contributed by atoms with Crippen LogP contribution in [0.25, 0.3) is 44.0 Å². The second-order valence-corrected chi connectivity index (χ2v) is 9.16. The van der Waals surface area contributed by atoms with Crippen LogP contribution in [0.5, 0.6) is 0 Å².